The number of hydrogen-bond donors (Lipinski definition) is 0. The van der Waals surface area contributed by atoms with Crippen LogP contribution in [0.1, 0.15) is 33.1 Å². The Balaban J connectivity index is 0. The fourth-order valence-corrected chi connectivity index (χ4v) is 2.11. The van der Waals surface area contributed by atoms with Gasteiger partial charge in [-0.25, -0.2) is 17.1 Å². The van der Waals surface area contributed by atoms with Gasteiger partial charge in [0.05, 0.1) is 0 Å². The van der Waals surface area contributed by atoms with Crippen LogP contribution in [0.25, 0.3) is 0 Å². The van der Waals surface area contributed by atoms with Gasteiger partial charge in [-0.1, -0.05) is 33.1 Å². The quantitative estimate of drug-likeness (QED) is 0.329. The van der Waals surface area contributed by atoms with Crippen molar-refractivity contribution in [2.24, 2.45) is 0 Å². The molecule has 0 unspecified atom stereocenters. The van der Waals surface area contributed by atoms with Gasteiger partial charge in [-0.15, -0.1) is 0 Å². The van der Waals surface area contributed by atoms with Crippen LogP contribution in [0.3, 0.4) is 0 Å². The fraction of sp³-hybridized carbons (Fsp3) is 0.217. The Morgan fingerprint density at radius 1 is 0.556 bits per heavy atom. The molecule has 0 aliphatic rings. The molecule has 3 aromatic carbocycles. The van der Waals surface area contributed by atoms with Gasteiger partial charge in [0.15, 0.2) is 0 Å². The SMILES string of the molecule is CCCCC.[Y].[Y].[Y].[c-]1ccc[c-]c1N(c1[c-]ccc[c-]1)c1[c-]ccc[c-]1. The zero-order valence-electron chi connectivity index (χ0n) is 16.0. The summed E-state index contributed by atoms with van der Waals surface area (Å²) in [5.74, 6) is 0. The Hall–Kier alpha value is 0.772. The van der Waals surface area contributed by atoms with Gasteiger partial charge in [0, 0.05) is 98.1 Å². The fourth-order valence-electron chi connectivity index (χ4n) is 2.11. The second-order valence-electron chi connectivity index (χ2n) is 5.18. The minimum atomic E-state index is 0. The van der Waals surface area contributed by atoms with Crippen molar-refractivity contribution >= 4 is 17.1 Å². The number of unbranched alkanes of at least 4 members (excludes halogenated alkanes) is 2. The molecule has 0 aliphatic carbocycles. The minimum absolute atomic E-state index is 0. The van der Waals surface area contributed by atoms with Gasteiger partial charge in [-0.2, -0.15) is 0 Å². The molecular weight excluding hydrogens is 557 g/mol. The predicted molar refractivity (Wildman–Crippen MR) is 99.3 cm³/mol. The Bertz CT molecular complexity index is 580. The van der Waals surface area contributed by atoms with Crippen molar-refractivity contribution in [3.63, 3.8) is 0 Å². The number of para-hydroxylation sites is 3. The summed E-state index contributed by atoms with van der Waals surface area (Å²) in [7, 11) is 0. The summed E-state index contributed by atoms with van der Waals surface area (Å²) in [5, 5.41) is 0. The van der Waals surface area contributed by atoms with Crippen molar-refractivity contribution < 1.29 is 98.1 Å². The van der Waals surface area contributed by atoms with Crippen LogP contribution in [0.15, 0.2) is 54.6 Å². The number of nitrogens with zero attached hydrogens (tertiary/aromatic N) is 1. The largest absolute Gasteiger partial charge is 0.452 e. The van der Waals surface area contributed by atoms with Gasteiger partial charge in [-0.3, -0.25) is 54.6 Å². The first-order valence-corrected chi connectivity index (χ1v) is 8.32. The molecule has 4 heteroatoms. The number of benzene rings is 3. The topological polar surface area (TPSA) is 3.24 Å². The summed E-state index contributed by atoms with van der Waals surface area (Å²) < 4.78 is 0. The Kier molecular flexibility index (Phi) is 20.8. The van der Waals surface area contributed by atoms with Crippen LogP contribution in [0.2, 0.25) is 0 Å². The maximum Gasteiger partial charge on any atom is 0 e. The monoisotopic (exact) mass is 578 g/mol. The van der Waals surface area contributed by atoms with Crippen molar-refractivity contribution in [3.05, 3.63) is 91.0 Å². The van der Waals surface area contributed by atoms with Crippen LogP contribution in [-0.4, -0.2) is 0 Å². The van der Waals surface area contributed by atoms with Crippen molar-refractivity contribution in [1.82, 2.24) is 0 Å². The van der Waals surface area contributed by atoms with E-state index in [-0.39, 0.29) is 98.1 Å². The first-order chi connectivity index (χ1) is 11.9. The van der Waals surface area contributed by atoms with Gasteiger partial charge in [0.1, 0.15) is 0 Å². The Morgan fingerprint density at radius 3 is 1.00 bits per heavy atom. The van der Waals surface area contributed by atoms with Crippen LogP contribution < -0.4 is 4.90 Å². The molecule has 3 radical (unpaired) electrons. The average molecular weight is 578 g/mol. The molecule has 0 amide bonds. The third-order valence-electron chi connectivity index (χ3n) is 3.28. The average Bonchev–Trinajstić information content (AvgIpc) is 2.66. The Labute approximate surface area is 240 Å². The maximum absolute atomic E-state index is 3.16. The van der Waals surface area contributed by atoms with Gasteiger partial charge in [-0.05, 0) is 0 Å². The molecule has 0 spiro atoms. The number of anilines is 3. The molecule has 1 nitrogen and oxygen atoms in total. The third-order valence-corrected chi connectivity index (χ3v) is 3.28. The summed E-state index contributed by atoms with van der Waals surface area (Å²) in [5.41, 5.74) is 2.37. The van der Waals surface area contributed by atoms with Crippen LogP contribution in [0, 0.1) is 36.4 Å². The summed E-state index contributed by atoms with van der Waals surface area (Å²) in [6, 6.07) is 35.7. The second-order valence-corrected chi connectivity index (χ2v) is 5.18. The molecule has 0 heterocycles. The molecule has 0 bridgehead atoms. The Morgan fingerprint density at radius 2 is 0.815 bits per heavy atom. The molecule has 0 saturated heterocycles. The van der Waals surface area contributed by atoms with E-state index in [1.807, 2.05) is 59.5 Å². The van der Waals surface area contributed by atoms with E-state index in [4.69, 9.17) is 0 Å². The summed E-state index contributed by atoms with van der Waals surface area (Å²) in [4.78, 5) is 1.92. The van der Waals surface area contributed by atoms with E-state index in [1.165, 1.54) is 19.3 Å². The summed E-state index contributed by atoms with van der Waals surface area (Å²) in [6.07, 6.45) is 4.08. The predicted octanol–water partition coefficient (Wildman–Crippen LogP) is 6.15. The summed E-state index contributed by atoms with van der Waals surface area (Å²) in [6.45, 7) is 4.42. The van der Waals surface area contributed by atoms with E-state index in [9.17, 15) is 0 Å². The maximum atomic E-state index is 3.16. The van der Waals surface area contributed by atoms with Gasteiger partial charge in [0.2, 0.25) is 0 Å². The standard InChI is InChI=1S/C18H9N.C5H12.3Y/c1-4-10-16(11-5-1)19(17-12-6-2-7-13-17)18-14-8-3-9-15-18;1-3-5-4-2;;;/h1-9H;3-5H2,1-2H3;;;/q-6;;;;. The van der Waals surface area contributed by atoms with Crippen molar-refractivity contribution in [3.8, 4) is 0 Å². The smallest absolute Gasteiger partial charge is 0 e. The molecule has 0 aromatic heterocycles. The molecule has 27 heavy (non-hydrogen) atoms. The first-order valence-electron chi connectivity index (χ1n) is 8.32. The van der Waals surface area contributed by atoms with E-state index in [2.05, 4.69) is 50.2 Å². The molecule has 0 aliphatic heterocycles. The zero-order chi connectivity index (χ0) is 17.0. The van der Waals surface area contributed by atoms with Gasteiger partial charge >= 0.3 is 0 Å². The van der Waals surface area contributed by atoms with Crippen LogP contribution in [0.4, 0.5) is 17.1 Å². The zero-order valence-corrected chi connectivity index (χ0v) is 24.5. The van der Waals surface area contributed by atoms with E-state index >= 15 is 0 Å². The van der Waals surface area contributed by atoms with Crippen LogP contribution in [0.5, 0.6) is 0 Å². The normalized spacial score (nSPS) is 8.67. The molecule has 0 saturated carbocycles. The summed E-state index contributed by atoms with van der Waals surface area (Å²) >= 11 is 0. The van der Waals surface area contributed by atoms with Crippen molar-refractivity contribution in [1.29, 1.82) is 0 Å². The van der Waals surface area contributed by atoms with Crippen molar-refractivity contribution in [2.75, 3.05) is 4.90 Å². The van der Waals surface area contributed by atoms with E-state index in [0.29, 0.717) is 0 Å². The first kappa shape index (κ1) is 30.0. The minimum Gasteiger partial charge on any atom is -0.452 e. The van der Waals surface area contributed by atoms with Crippen LogP contribution in [-0.2, 0) is 98.1 Å². The van der Waals surface area contributed by atoms with Gasteiger partial charge < -0.3 is 41.3 Å². The number of hydrogen-bond acceptors (Lipinski definition) is 1. The van der Waals surface area contributed by atoms with Gasteiger partial charge in [0.25, 0.3) is 0 Å². The van der Waals surface area contributed by atoms with E-state index < -0.39 is 0 Å². The van der Waals surface area contributed by atoms with Crippen molar-refractivity contribution in [2.45, 2.75) is 33.1 Å². The van der Waals surface area contributed by atoms with E-state index in [0.717, 1.165) is 17.1 Å². The molecular formula is C23H21NY3-6. The number of rotatable bonds is 5. The molecule has 0 N–H and O–H groups in total. The van der Waals surface area contributed by atoms with Crippen LogP contribution >= 0.6 is 0 Å². The molecule has 0 fully saturated rings. The second kappa shape index (κ2) is 18.8. The third kappa shape index (κ3) is 10.9. The molecule has 3 rings (SSSR count). The molecule has 0 atom stereocenters. The van der Waals surface area contributed by atoms with E-state index in [1.54, 1.807) is 0 Å². The molecule has 133 valence electrons. The molecule has 3 aromatic rings.